The van der Waals surface area contributed by atoms with Crippen molar-refractivity contribution in [3.8, 4) is 0 Å². The third kappa shape index (κ3) is 7.17. The minimum absolute atomic E-state index is 0.0329. The Morgan fingerprint density at radius 1 is 0.900 bits per heavy atom. The fourth-order valence-corrected chi connectivity index (χ4v) is 4.80. The van der Waals surface area contributed by atoms with Crippen molar-refractivity contribution >= 4 is 31.6 Å². The van der Waals surface area contributed by atoms with Crippen molar-refractivity contribution in [1.82, 2.24) is 9.44 Å². The van der Waals surface area contributed by atoms with E-state index in [4.69, 9.17) is 0 Å². The van der Waals surface area contributed by atoms with Crippen LogP contribution in [0.2, 0.25) is 0 Å². The van der Waals surface area contributed by atoms with Crippen LogP contribution in [0.15, 0.2) is 58.3 Å². The van der Waals surface area contributed by atoms with Crippen LogP contribution in [0.25, 0.3) is 0 Å². The lowest BCUT2D eigenvalue weighted by Gasteiger charge is -2.10. The molecule has 0 aliphatic rings. The van der Waals surface area contributed by atoms with Crippen molar-refractivity contribution in [3.63, 3.8) is 0 Å². The SMILES string of the molecule is CC(C)NS(=O)(=O)c1ccc(NC(=O)CCCNS(=O)(=O)c2ccc(F)cc2)cc1. The van der Waals surface area contributed by atoms with Crippen LogP contribution >= 0.6 is 0 Å². The quantitative estimate of drug-likeness (QED) is 0.472. The highest BCUT2D eigenvalue weighted by Gasteiger charge is 2.16. The number of rotatable bonds is 10. The molecule has 0 saturated carbocycles. The molecule has 0 heterocycles. The van der Waals surface area contributed by atoms with Crippen LogP contribution in [0.5, 0.6) is 0 Å². The number of hydrogen-bond donors (Lipinski definition) is 3. The molecule has 0 bridgehead atoms. The molecule has 2 aromatic carbocycles. The third-order valence-corrected chi connectivity index (χ3v) is 6.99. The topological polar surface area (TPSA) is 121 Å². The maximum Gasteiger partial charge on any atom is 0.240 e. The Morgan fingerprint density at radius 3 is 2.00 bits per heavy atom. The molecule has 1 amide bonds. The van der Waals surface area contributed by atoms with Crippen molar-refractivity contribution < 1.29 is 26.0 Å². The molecule has 0 spiro atoms. The van der Waals surface area contributed by atoms with Crippen LogP contribution < -0.4 is 14.8 Å². The van der Waals surface area contributed by atoms with Crippen LogP contribution in [-0.2, 0) is 24.8 Å². The van der Waals surface area contributed by atoms with Gasteiger partial charge < -0.3 is 5.32 Å². The highest BCUT2D eigenvalue weighted by atomic mass is 32.2. The van der Waals surface area contributed by atoms with Gasteiger partial charge in [-0.3, -0.25) is 4.79 Å². The molecule has 0 aliphatic heterocycles. The molecule has 164 valence electrons. The van der Waals surface area contributed by atoms with Crippen LogP contribution in [-0.4, -0.2) is 35.3 Å². The van der Waals surface area contributed by atoms with Crippen molar-refractivity contribution in [1.29, 1.82) is 0 Å². The standard InChI is InChI=1S/C19H24FN3O5S2/c1-14(2)23-30(27,28)18-11-7-16(8-12-18)22-19(24)4-3-13-21-29(25,26)17-9-5-15(20)6-10-17/h5-12,14,21,23H,3-4,13H2,1-2H3,(H,22,24). The van der Waals surface area contributed by atoms with Crippen LogP contribution in [0.1, 0.15) is 26.7 Å². The van der Waals surface area contributed by atoms with Gasteiger partial charge in [-0.2, -0.15) is 0 Å². The number of benzene rings is 2. The molecule has 0 unspecified atom stereocenters. The van der Waals surface area contributed by atoms with Crippen molar-refractivity contribution in [2.75, 3.05) is 11.9 Å². The molecule has 2 aromatic rings. The van der Waals surface area contributed by atoms with Gasteiger partial charge in [-0.15, -0.1) is 0 Å². The molecule has 2 rings (SSSR count). The van der Waals surface area contributed by atoms with E-state index < -0.39 is 25.9 Å². The Morgan fingerprint density at radius 2 is 1.43 bits per heavy atom. The smallest absolute Gasteiger partial charge is 0.240 e. The lowest BCUT2D eigenvalue weighted by atomic mass is 10.2. The van der Waals surface area contributed by atoms with Gasteiger partial charge in [0.25, 0.3) is 0 Å². The predicted molar refractivity (Wildman–Crippen MR) is 111 cm³/mol. The summed E-state index contributed by atoms with van der Waals surface area (Å²) in [5, 5.41) is 2.62. The van der Waals surface area contributed by atoms with Crippen LogP contribution in [0, 0.1) is 5.82 Å². The largest absolute Gasteiger partial charge is 0.326 e. The van der Waals surface area contributed by atoms with Gasteiger partial charge in [0, 0.05) is 24.7 Å². The van der Waals surface area contributed by atoms with E-state index in [0.29, 0.717) is 5.69 Å². The monoisotopic (exact) mass is 457 g/mol. The van der Waals surface area contributed by atoms with Crippen LogP contribution in [0.4, 0.5) is 10.1 Å². The first-order valence-corrected chi connectivity index (χ1v) is 12.1. The van der Waals surface area contributed by atoms with E-state index in [9.17, 15) is 26.0 Å². The van der Waals surface area contributed by atoms with Gasteiger partial charge in [-0.25, -0.2) is 30.7 Å². The summed E-state index contributed by atoms with van der Waals surface area (Å²) >= 11 is 0. The maximum atomic E-state index is 12.9. The zero-order valence-electron chi connectivity index (χ0n) is 16.6. The van der Waals surface area contributed by atoms with Gasteiger partial charge in [-0.05, 0) is 68.8 Å². The molecular formula is C19H24FN3O5S2. The van der Waals surface area contributed by atoms with E-state index >= 15 is 0 Å². The maximum absolute atomic E-state index is 12.9. The molecule has 11 heteroatoms. The third-order valence-electron chi connectivity index (χ3n) is 3.84. The Kier molecular flexibility index (Phi) is 8.07. The van der Waals surface area contributed by atoms with E-state index in [1.165, 1.54) is 24.3 Å². The molecule has 8 nitrogen and oxygen atoms in total. The van der Waals surface area contributed by atoms with Gasteiger partial charge in [0.15, 0.2) is 0 Å². The average molecular weight is 458 g/mol. The fourth-order valence-electron chi connectivity index (χ4n) is 2.47. The first-order valence-electron chi connectivity index (χ1n) is 9.17. The number of carbonyl (C=O) groups excluding carboxylic acids is 1. The molecule has 0 atom stereocenters. The van der Waals surface area contributed by atoms with E-state index in [2.05, 4.69) is 14.8 Å². The highest BCUT2D eigenvalue weighted by Crippen LogP contribution is 2.15. The van der Waals surface area contributed by atoms with Crippen LogP contribution in [0.3, 0.4) is 0 Å². The Hall–Kier alpha value is -2.34. The van der Waals surface area contributed by atoms with Gasteiger partial charge >= 0.3 is 0 Å². The van der Waals surface area contributed by atoms with Gasteiger partial charge in [-0.1, -0.05) is 0 Å². The highest BCUT2D eigenvalue weighted by molar-refractivity contribution is 7.89. The summed E-state index contributed by atoms with van der Waals surface area (Å²) < 4.78 is 66.0. The molecule has 0 aromatic heterocycles. The lowest BCUT2D eigenvalue weighted by Crippen LogP contribution is -2.30. The number of sulfonamides is 2. The molecule has 0 radical (unpaired) electrons. The number of nitrogens with one attached hydrogen (secondary N) is 3. The molecule has 30 heavy (non-hydrogen) atoms. The van der Waals surface area contributed by atoms with Gasteiger partial charge in [0.1, 0.15) is 5.82 Å². The summed E-state index contributed by atoms with van der Waals surface area (Å²) in [4.78, 5) is 12.0. The second-order valence-electron chi connectivity index (χ2n) is 6.80. The molecular weight excluding hydrogens is 433 g/mol. The number of hydrogen-bond acceptors (Lipinski definition) is 5. The fraction of sp³-hybridized carbons (Fsp3) is 0.316. The minimum Gasteiger partial charge on any atom is -0.326 e. The summed E-state index contributed by atoms with van der Waals surface area (Å²) in [5.41, 5.74) is 0.426. The Bertz CT molecular complexity index is 1070. The number of halogens is 1. The number of anilines is 1. The van der Waals surface area contributed by atoms with E-state index in [1.807, 2.05) is 0 Å². The van der Waals surface area contributed by atoms with Crippen molar-refractivity contribution in [3.05, 3.63) is 54.3 Å². The van der Waals surface area contributed by atoms with Gasteiger partial charge in [0.2, 0.25) is 26.0 Å². The first-order chi connectivity index (χ1) is 14.0. The predicted octanol–water partition coefficient (Wildman–Crippen LogP) is 2.21. The normalized spacial score (nSPS) is 12.1. The Labute approximate surface area is 176 Å². The zero-order valence-corrected chi connectivity index (χ0v) is 18.2. The molecule has 0 fully saturated rings. The summed E-state index contributed by atoms with van der Waals surface area (Å²) in [6.45, 7) is 3.46. The second kappa shape index (κ2) is 10.1. The molecule has 3 N–H and O–H groups in total. The van der Waals surface area contributed by atoms with Crippen molar-refractivity contribution in [2.24, 2.45) is 0 Å². The van der Waals surface area contributed by atoms with E-state index in [1.54, 1.807) is 13.8 Å². The number of carbonyl (C=O) groups is 1. The lowest BCUT2D eigenvalue weighted by molar-refractivity contribution is -0.116. The summed E-state index contributed by atoms with van der Waals surface area (Å²) in [6.07, 6.45) is 0.303. The van der Waals surface area contributed by atoms with E-state index in [0.717, 1.165) is 24.3 Å². The summed E-state index contributed by atoms with van der Waals surface area (Å²) in [7, 11) is -7.38. The van der Waals surface area contributed by atoms with Crippen molar-refractivity contribution in [2.45, 2.75) is 42.5 Å². The summed E-state index contributed by atoms with van der Waals surface area (Å²) in [5.74, 6) is -0.876. The molecule has 0 saturated heterocycles. The first kappa shape index (κ1) is 23.9. The number of amides is 1. The van der Waals surface area contributed by atoms with E-state index in [-0.39, 0.29) is 41.1 Å². The summed E-state index contributed by atoms with van der Waals surface area (Å²) in [6, 6.07) is 9.91. The molecule has 0 aliphatic carbocycles. The van der Waals surface area contributed by atoms with Gasteiger partial charge in [0.05, 0.1) is 9.79 Å². The second-order valence-corrected chi connectivity index (χ2v) is 10.3. The Balaban J connectivity index is 1.81. The average Bonchev–Trinajstić information content (AvgIpc) is 2.65. The minimum atomic E-state index is -3.77. The zero-order chi connectivity index (χ0) is 22.4.